The molecule has 1 aromatic carbocycles. The van der Waals surface area contributed by atoms with Gasteiger partial charge in [-0.2, -0.15) is 17.5 Å². The van der Waals surface area contributed by atoms with E-state index in [0.29, 0.717) is 6.42 Å². The molecule has 0 saturated heterocycles. The van der Waals surface area contributed by atoms with E-state index in [4.69, 9.17) is 4.74 Å². The van der Waals surface area contributed by atoms with Gasteiger partial charge in [-0.1, -0.05) is 6.92 Å². The lowest BCUT2D eigenvalue weighted by atomic mass is 9.86. The Kier molecular flexibility index (Phi) is 5.15. The maximum absolute atomic E-state index is 13.1. The zero-order chi connectivity index (χ0) is 19.2. The number of nitrogens with zero attached hydrogens (tertiary/aromatic N) is 1. The summed E-state index contributed by atoms with van der Waals surface area (Å²) in [4.78, 5) is 0. The third-order valence-electron chi connectivity index (χ3n) is 4.33. The molecule has 5 nitrogen and oxygen atoms in total. The van der Waals surface area contributed by atoms with Crippen molar-refractivity contribution in [2.45, 2.75) is 51.1 Å². The highest BCUT2D eigenvalue weighted by molar-refractivity contribution is 7.89. The predicted octanol–water partition coefficient (Wildman–Crippen LogP) is 2.95. The van der Waals surface area contributed by atoms with E-state index in [0.717, 1.165) is 16.4 Å². The monoisotopic (exact) mass is 381 g/mol. The van der Waals surface area contributed by atoms with Gasteiger partial charge in [0.25, 0.3) is 0 Å². The van der Waals surface area contributed by atoms with Crippen molar-refractivity contribution in [2.75, 3.05) is 12.8 Å². The zero-order valence-electron chi connectivity index (χ0n) is 14.5. The van der Waals surface area contributed by atoms with Crippen LogP contribution in [0.4, 0.5) is 13.2 Å². The summed E-state index contributed by atoms with van der Waals surface area (Å²) < 4.78 is 70.6. The Morgan fingerprint density at radius 1 is 1.32 bits per heavy atom. The fourth-order valence-corrected chi connectivity index (χ4v) is 4.29. The van der Waals surface area contributed by atoms with Gasteiger partial charge in [-0.25, -0.2) is 8.42 Å². The van der Waals surface area contributed by atoms with Gasteiger partial charge < -0.3 is 9.84 Å². The van der Waals surface area contributed by atoms with E-state index in [2.05, 4.69) is 0 Å². The molecule has 2 rings (SSSR count). The van der Waals surface area contributed by atoms with Crippen LogP contribution in [-0.4, -0.2) is 42.3 Å². The summed E-state index contributed by atoms with van der Waals surface area (Å²) in [7, 11) is -2.48. The number of likely N-dealkylation sites (N-methyl/N-ethyl adjacent to an activating group) is 1. The molecule has 25 heavy (non-hydrogen) atoms. The van der Waals surface area contributed by atoms with Crippen LogP contribution in [0, 0.1) is 0 Å². The maximum atomic E-state index is 13.1. The lowest BCUT2D eigenvalue weighted by Gasteiger charge is -2.45. The largest absolute Gasteiger partial charge is 0.485 e. The molecule has 1 aliphatic rings. The normalized spacial score (nSPS) is 23.2. The molecule has 0 aliphatic carbocycles. The molecule has 142 valence electrons. The van der Waals surface area contributed by atoms with E-state index in [1.807, 2.05) is 0 Å². The molecule has 9 heteroatoms. The average Bonchev–Trinajstić information content (AvgIpc) is 2.46. The minimum atomic E-state index is -4.58. The van der Waals surface area contributed by atoms with Gasteiger partial charge in [0.05, 0.1) is 17.4 Å². The standard InChI is InChI=1S/C16H22F3NO4S/c1-5-8-25(22,23)20(4)13-11-9-10(16(17,18)19)6-7-12(11)24-15(2,3)14(13)21/h6-7,9,13-14,21H,5,8H2,1-4H3/t13-,14+/m0/s1. The number of hydrogen-bond donors (Lipinski definition) is 1. The summed E-state index contributed by atoms with van der Waals surface area (Å²) in [6.45, 7) is 4.81. The number of aliphatic hydroxyl groups is 1. The zero-order valence-corrected chi connectivity index (χ0v) is 15.3. The van der Waals surface area contributed by atoms with Crippen LogP contribution in [0.2, 0.25) is 0 Å². The Bertz CT molecular complexity index is 746. The topological polar surface area (TPSA) is 66.8 Å². The van der Waals surface area contributed by atoms with Crippen molar-refractivity contribution in [1.82, 2.24) is 4.31 Å². The Labute approximate surface area is 145 Å². The molecule has 1 heterocycles. The molecule has 0 amide bonds. The molecule has 0 spiro atoms. The van der Waals surface area contributed by atoms with E-state index in [1.165, 1.54) is 13.1 Å². The van der Waals surface area contributed by atoms with E-state index in [9.17, 15) is 26.7 Å². The van der Waals surface area contributed by atoms with Crippen molar-refractivity contribution in [3.05, 3.63) is 29.3 Å². The van der Waals surface area contributed by atoms with Crippen molar-refractivity contribution in [3.63, 3.8) is 0 Å². The highest BCUT2D eigenvalue weighted by atomic mass is 32.2. The Morgan fingerprint density at radius 3 is 2.44 bits per heavy atom. The SMILES string of the molecule is CCCS(=O)(=O)N(C)[C@H]1c2cc(C(F)(F)F)ccc2OC(C)(C)[C@@H]1O. The van der Waals surface area contributed by atoms with Gasteiger partial charge in [0, 0.05) is 12.6 Å². The lowest BCUT2D eigenvalue weighted by Crippen LogP contribution is -2.54. The molecule has 0 unspecified atom stereocenters. The van der Waals surface area contributed by atoms with Crippen LogP contribution in [-0.2, 0) is 16.2 Å². The average molecular weight is 381 g/mol. The summed E-state index contributed by atoms with van der Waals surface area (Å²) in [5.74, 6) is -0.0330. The number of benzene rings is 1. The molecule has 0 bridgehead atoms. The number of aliphatic hydroxyl groups excluding tert-OH is 1. The van der Waals surface area contributed by atoms with Gasteiger partial charge in [-0.05, 0) is 38.5 Å². The summed E-state index contributed by atoms with van der Waals surface area (Å²) in [6.07, 6.45) is -5.57. The Morgan fingerprint density at radius 2 is 1.92 bits per heavy atom. The highest BCUT2D eigenvalue weighted by Crippen LogP contribution is 2.45. The summed E-state index contributed by atoms with van der Waals surface area (Å²) in [6, 6.07) is 1.72. The van der Waals surface area contributed by atoms with Crippen molar-refractivity contribution in [1.29, 1.82) is 0 Å². The summed E-state index contributed by atoms with van der Waals surface area (Å²) in [5.41, 5.74) is -2.08. The molecule has 1 aromatic rings. The number of halogens is 3. The first kappa shape index (κ1) is 20.0. The number of alkyl halides is 3. The van der Waals surface area contributed by atoms with Crippen LogP contribution in [0.15, 0.2) is 18.2 Å². The van der Waals surface area contributed by atoms with E-state index in [-0.39, 0.29) is 17.1 Å². The quantitative estimate of drug-likeness (QED) is 0.871. The fraction of sp³-hybridized carbons (Fsp3) is 0.625. The van der Waals surface area contributed by atoms with Gasteiger partial charge in [-0.15, -0.1) is 0 Å². The molecule has 2 atom stereocenters. The van der Waals surface area contributed by atoms with Gasteiger partial charge in [-0.3, -0.25) is 0 Å². The van der Waals surface area contributed by atoms with E-state index >= 15 is 0 Å². The Hall–Kier alpha value is -1.32. The minimum absolute atomic E-state index is 0.00354. The first-order valence-electron chi connectivity index (χ1n) is 7.85. The second-order valence-electron chi connectivity index (χ2n) is 6.68. The summed E-state index contributed by atoms with van der Waals surface area (Å²) in [5, 5.41) is 10.6. The third kappa shape index (κ3) is 3.78. The van der Waals surface area contributed by atoms with Crippen LogP contribution in [0.3, 0.4) is 0 Å². The third-order valence-corrected chi connectivity index (χ3v) is 6.36. The second-order valence-corrected chi connectivity index (χ2v) is 8.83. The number of rotatable bonds is 4. The molecule has 0 radical (unpaired) electrons. The maximum Gasteiger partial charge on any atom is 0.416 e. The molecule has 1 N–H and O–H groups in total. The van der Waals surface area contributed by atoms with Crippen LogP contribution < -0.4 is 4.74 Å². The van der Waals surface area contributed by atoms with Crippen LogP contribution in [0.1, 0.15) is 44.4 Å². The Balaban J connectivity index is 2.62. The van der Waals surface area contributed by atoms with Gasteiger partial charge in [0.15, 0.2) is 0 Å². The lowest BCUT2D eigenvalue weighted by molar-refractivity contribution is -0.138. The molecule has 0 fully saturated rings. The molecular formula is C16H22F3NO4S. The number of sulfonamides is 1. The molecule has 1 aliphatic heterocycles. The van der Waals surface area contributed by atoms with Gasteiger partial charge in [0.1, 0.15) is 17.5 Å². The van der Waals surface area contributed by atoms with Crippen molar-refractivity contribution >= 4 is 10.0 Å². The first-order chi connectivity index (χ1) is 11.3. The van der Waals surface area contributed by atoms with Crippen LogP contribution in [0.25, 0.3) is 0 Å². The number of hydrogen-bond acceptors (Lipinski definition) is 4. The van der Waals surface area contributed by atoms with Crippen LogP contribution in [0.5, 0.6) is 5.75 Å². The minimum Gasteiger partial charge on any atom is -0.485 e. The number of fused-ring (bicyclic) bond motifs is 1. The van der Waals surface area contributed by atoms with Crippen molar-refractivity contribution in [2.24, 2.45) is 0 Å². The van der Waals surface area contributed by atoms with Gasteiger partial charge >= 0.3 is 6.18 Å². The molecule has 0 aromatic heterocycles. The summed E-state index contributed by atoms with van der Waals surface area (Å²) >= 11 is 0. The van der Waals surface area contributed by atoms with E-state index < -0.39 is 39.5 Å². The second kappa shape index (κ2) is 6.44. The highest BCUT2D eigenvalue weighted by Gasteiger charge is 2.48. The smallest absolute Gasteiger partial charge is 0.416 e. The van der Waals surface area contributed by atoms with Crippen molar-refractivity contribution < 1.29 is 31.4 Å². The van der Waals surface area contributed by atoms with Crippen molar-refractivity contribution in [3.8, 4) is 5.75 Å². The van der Waals surface area contributed by atoms with Gasteiger partial charge in [0.2, 0.25) is 10.0 Å². The molecular weight excluding hydrogens is 359 g/mol. The molecule has 0 saturated carbocycles. The fourth-order valence-electron chi connectivity index (χ4n) is 2.91. The first-order valence-corrected chi connectivity index (χ1v) is 9.46. The van der Waals surface area contributed by atoms with Crippen LogP contribution >= 0.6 is 0 Å². The van der Waals surface area contributed by atoms with E-state index in [1.54, 1.807) is 20.8 Å². The predicted molar refractivity (Wildman–Crippen MR) is 86.7 cm³/mol. The number of ether oxygens (including phenoxy) is 1.